The summed E-state index contributed by atoms with van der Waals surface area (Å²) in [4.78, 5) is 22.2. The van der Waals surface area contributed by atoms with Gasteiger partial charge in [0.05, 0.1) is 6.20 Å². The molecule has 2 aromatic rings. The molecule has 0 spiro atoms. The SMILES string of the molecule is Cn1cnnc1C1(C)CCN(C(=O)c2cnccn2)CC1. The van der Waals surface area contributed by atoms with Crippen LogP contribution < -0.4 is 0 Å². The van der Waals surface area contributed by atoms with E-state index < -0.39 is 0 Å². The van der Waals surface area contributed by atoms with E-state index in [9.17, 15) is 4.79 Å². The molecule has 1 aliphatic heterocycles. The lowest BCUT2D eigenvalue weighted by atomic mass is 9.79. The standard InChI is InChI=1S/C14H18N6O/c1-14(13-18-17-10-19(13)2)3-7-20(8-4-14)12(21)11-9-15-5-6-16-11/h5-6,9-10H,3-4,7-8H2,1-2H3. The molecular formula is C14H18N6O. The molecule has 0 aromatic carbocycles. The highest BCUT2D eigenvalue weighted by Crippen LogP contribution is 2.33. The zero-order chi connectivity index (χ0) is 14.9. The Labute approximate surface area is 123 Å². The molecule has 2 aromatic heterocycles. The third-order valence-corrected chi connectivity index (χ3v) is 4.19. The molecule has 0 aliphatic carbocycles. The van der Waals surface area contributed by atoms with Gasteiger partial charge >= 0.3 is 0 Å². The Morgan fingerprint density at radius 1 is 1.29 bits per heavy atom. The molecule has 3 rings (SSSR count). The summed E-state index contributed by atoms with van der Waals surface area (Å²) >= 11 is 0. The molecule has 0 saturated carbocycles. The van der Waals surface area contributed by atoms with E-state index in [1.54, 1.807) is 18.7 Å². The van der Waals surface area contributed by atoms with E-state index in [1.807, 2.05) is 16.5 Å². The predicted molar refractivity (Wildman–Crippen MR) is 75.5 cm³/mol. The summed E-state index contributed by atoms with van der Waals surface area (Å²) in [5, 5.41) is 8.18. The van der Waals surface area contributed by atoms with Gasteiger partial charge in [-0.15, -0.1) is 10.2 Å². The van der Waals surface area contributed by atoms with Gasteiger partial charge < -0.3 is 9.47 Å². The molecule has 0 bridgehead atoms. The summed E-state index contributed by atoms with van der Waals surface area (Å²) in [6.07, 6.45) is 8.08. The minimum Gasteiger partial charge on any atom is -0.337 e. The van der Waals surface area contributed by atoms with Gasteiger partial charge in [0, 0.05) is 37.9 Å². The van der Waals surface area contributed by atoms with Crippen LogP contribution in [0.4, 0.5) is 0 Å². The highest BCUT2D eigenvalue weighted by atomic mass is 16.2. The summed E-state index contributed by atoms with van der Waals surface area (Å²) in [5.41, 5.74) is 0.365. The molecule has 0 unspecified atom stereocenters. The largest absolute Gasteiger partial charge is 0.337 e. The molecule has 1 saturated heterocycles. The fraction of sp³-hybridized carbons (Fsp3) is 0.500. The number of carbonyl (C=O) groups is 1. The second-order valence-electron chi connectivity index (χ2n) is 5.71. The quantitative estimate of drug-likeness (QED) is 0.816. The molecule has 3 heterocycles. The first-order valence-electron chi connectivity index (χ1n) is 7.00. The maximum Gasteiger partial charge on any atom is 0.274 e. The van der Waals surface area contributed by atoms with Crippen molar-refractivity contribution in [3.8, 4) is 0 Å². The van der Waals surface area contributed by atoms with Crippen molar-refractivity contribution in [1.82, 2.24) is 29.6 Å². The minimum atomic E-state index is -0.0527. The van der Waals surface area contributed by atoms with Gasteiger partial charge in [-0.05, 0) is 12.8 Å². The van der Waals surface area contributed by atoms with Crippen molar-refractivity contribution in [1.29, 1.82) is 0 Å². The van der Waals surface area contributed by atoms with Crippen LogP contribution in [0.3, 0.4) is 0 Å². The van der Waals surface area contributed by atoms with Crippen LogP contribution in [-0.2, 0) is 12.5 Å². The van der Waals surface area contributed by atoms with Crippen LogP contribution in [0, 0.1) is 0 Å². The monoisotopic (exact) mass is 286 g/mol. The highest BCUT2D eigenvalue weighted by Gasteiger charge is 2.37. The van der Waals surface area contributed by atoms with E-state index in [4.69, 9.17) is 0 Å². The van der Waals surface area contributed by atoms with Crippen molar-refractivity contribution in [2.24, 2.45) is 7.05 Å². The number of likely N-dealkylation sites (tertiary alicyclic amines) is 1. The maximum absolute atomic E-state index is 12.4. The predicted octanol–water partition coefficient (Wildman–Crippen LogP) is 0.799. The van der Waals surface area contributed by atoms with Gasteiger partial charge in [-0.1, -0.05) is 6.92 Å². The van der Waals surface area contributed by atoms with Crippen LogP contribution in [-0.4, -0.2) is 48.6 Å². The molecule has 21 heavy (non-hydrogen) atoms. The average Bonchev–Trinajstić information content (AvgIpc) is 2.95. The number of nitrogens with zero attached hydrogens (tertiary/aromatic N) is 6. The zero-order valence-electron chi connectivity index (χ0n) is 12.2. The van der Waals surface area contributed by atoms with Crippen LogP contribution >= 0.6 is 0 Å². The lowest BCUT2D eigenvalue weighted by molar-refractivity contribution is 0.0663. The lowest BCUT2D eigenvalue weighted by Gasteiger charge is -2.38. The average molecular weight is 286 g/mol. The number of rotatable bonds is 2. The Hall–Kier alpha value is -2.31. The van der Waals surface area contributed by atoms with Gasteiger partial charge in [0.1, 0.15) is 17.8 Å². The number of hydrogen-bond donors (Lipinski definition) is 0. The van der Waals surface area contributed by atoms with E-state index in [0.717, 1.165) is 18.7 Å². The van der Waals surface area contributed by atoms with Crippen molar-refractivity contribution < 1.29 is 4.79 Å². The fourth-order valence-corrected chi connectivity index (χ4v) is 2.83. The Morgan fingerprint density at radius 2 is 2.05 bits per heavy atom. The van der Waals surface area contributed by atoms with Gasteiger partial charge in [0.15, 0.2) is 0 Å². The molecule has 7 nitrogen and oxygen atoms in total. The number of amides is 1. The third-order valence-electron chi connectivity index (χ3n) is 4.19. The first-order valence-corrected chi connectivity index (χ1v) is 7.00. The Balaban J connectivity index is 1.71. The van der Waals surface area contributed by atoms with Gasteiger partial charge in [0.25, 0.3) is 5.91 Å². The van der Waals surface area contributed by atoms with E-state index in [-0.39, 0.29) is 11.3 Å². The Morgan fingerprint density at radius 3 is 2.62 bits per heavy atom. The highest BCUT2D eigenvalue weighted by molar-refractivity contribution is 5.92. The Kier molecular flexibility index (Phi) is 3.40. The van der Waals surface area contributed by atoms with Crippen LogP contribution in [0.15, 0.2) is 24.9 Å². The number of aromatic nitrogens is 5. The summed E-state index contributed by atoms with van der Waals surface area (Å²) in [5.74, 6) is 0.928. The van der Waals surface area contributed by atoms with Crippen LogP contribution in [0.1, 0.15) is 36.1 Å². The van der Waals surface area contributed by atoms with Crippen LogP contribution in [0.25, 0.3) is 0 Å². The van der Waals surface area contributed by atoms with Crippen LogP contribution in [0.5, 0.6) is 0 Å². The first kappa shape index (κ1) is 13.7. The van der Waals surface area contributed by atoms with E-state index in [1.165, 1.54) is 6.20 Å². The third kappa shape index (κ3) is 2.51. The van der Waals surface area contributed by atoms with Gasteiger partial charge in [-0.25, -0.2) is 4.98 Å². The molecule has 0 atom stereocenters. The van der Waals surface area contributed by atoms with Crippen molar-refractivity contribution in [2.45, 2.75) is 25.2 Å². The van der Waals surface area contributed by atoms with E-state index in [0.29, 0.717) is 18.8 Å². The molecule has 1 amide bonds. The Bertz CT molecular complexity index is 630. The molecule has 1 aliphatic rings. The molecular weight excluding hydrogens is 268 g/mol. The molecule has 0 radical (unpaired) electrons. The van der Waals surface area contributed by atoms with E-state index in [2.05, 4.69) is 27.1 Å². The fourth-order valence-electron chi connectivity index (χ4n) is 2.83. The number of carbonyl (C=O) groups excluding carboxylic acids is 1. The summed E-state index contributed by atoms with van der Waals surface area (Å²) < 4.78 is 1.96. The minimum absolute atomic E-state index is 0.0373. The molecule has 0 N–H and O–H groups in total. The van der Waals surface area contributed by atoms with Gasteiger partial charge in [-0.3, -0.25) is 9.78 Å². The van der Waals surface area contributed by atoms with Gasteiger partial charge in [0.2, 0.25) is 0 Å². The maximum atomic E-state index is 12.4. The molecule has 7 heteroatoms. The van der Waals surface area contributed by atoms with E-state index >= 15 is 0 Å². The number of hydrogen-bond acceptors (Lipinski definition) is 5. The molecule has 1 fully saturated rings. The molecule has 110 valence electrons. The summed E-state index contributed by atoms with van der Waals surface area (Å²) in [6.45, 7) is 3.57. The van der Waals surface area contributed by atoms with Crippen LogP contribution in [0.2, 0.25) is 0 Å². The first-order chi connectivity index (χ1) is 10.1. The number of piperidine rings is 1. The van der Waals surface area contributed by atoms with Crippen molar-refractivity contribution >= 4 is 5.91 Å². The summed E-state index contributed by atoms with van der Waals surface area (Å²) in [7, 11) is 1.96. The van der Waals surface area contributed by atoms with Crippen molar-refractivity contribution in [3.05, 3.63) is 36.4 Å². The number of aryl methyl sites for hydroxylation is 1. The second kappa shape index (κ2) is 5.23. The zero-order valence-corrected chi connectivity index (χ0v) is 12.2. The lowest BCUT2D eigenvalue weighted by Crippen LogP contribution is -2.45. The second-order valence-corrected chi connectivity index (χ2v) is 5.71. The normalized spacial score (nSPS) is 17.7. The van der Waals surface area contributed by atoms with Gasteiger partial charge in [-0.2, -0.15) is 0 Å². The topological polar surface area (TPSA) is 76.8 Å². The van der Waals surface area contributed by atoms with Crippen molar-refractivity contribution in [2.75, 3.05) is 13.1 Å². The summed E-state index contributed by atoms with van der Waals surface area (Å²) in [6, 6.07) is 0. The smallest absolute Gasteiger partial charge is 0.274 e. The van der Waals surface area contributed by atoms with Crippen molar-refractivity contribution in [3.63, 3.8) is 0 Å².